The monoisotopic (exact) mass is 344 g/mol. The fourth-order valence-corrected chi connectivity index (χ4v) is 3.85. The highest BCUT2D eigenvalue weighted by Gasteiger charge is 2.38. The van der Waals surface area contributed by atoms with Crippen molar-refractivity contribution in [2.75, 3.05) is 46.4 Å². The van der Waals surface area contributed by atoms with Crippen molar-refractivity contribution in [3.8, 4) is 0 Å². The van der Waals surface area contributed by atoms with Gasteiger partial charge in [-0.2, -0.15) is 11.8 Å². The molecular weight excluding hydrogens is 316 g/mol. The lowest BCUT2D eigenvalue weighted by Gasteiger charge is -2.25. The topological polar surface area (TPSA) is 109 Å². The maximum Gasteiger partial charge on any atom is 0.240 e. The fourth-order valence-electron chi connectivity index (χ4n) is 3.09. The summed E-state index contributed by atoms with van der Waals surface area (Å²) in [5.41, 5.74) is 10.4. The number of aliphatic imine (C=N–C) groups is 1. The summed E-state index contributed by atoms with van der Waals surface area (Å²) in [4.78, 5) is 20.6. The van der Waals surface area contributed by atoms with Crippen molar-refractivity contribution in [2.45, 2.75) is 30.2 Å². The van der Waals surface area contributed by atoms with Crippen LogP contribution < -0.4 is 16.8 Å². The third-order valence-electron chi connectivity index (χ3n) is 4.44. The molecule has 3 atom stereocenters. The molecule has 2 aliphatic heterocycles. The van der Waals surface area contributed by atoms with Crippen LogP contribution in [0.15, 0.2) is 4.99 Å². The fraction of sp³-hybridized carbons (Fsp3) is 0.857. The Morgan fingerprint density at radius 1 is 1.43 bits per heavy atom. The van der Waals surface area contributed by atoms with Gasteiger partial charge in [0.25, 0.3) is 0 Å². The van der Waals surface area contributed by atoms with Crippen molar-refractivity contribution >= 4 is 23.6 Å². The number of amides is 1. The second-order valence-corrected chi connectivity index (χ2v) is 7.22. The van der Waals surface area contributed by atoms with Gasteiger partial charge in [-0.25, -0.2) is 4.99 Å². The van der Waals surface area contributed by atoms with E-state index < -0.39 is 0 Å². The van der Waals surface area contributed by atoms with Crippen LogP contribution in [0, 0.1) is 0 Å². The van der Waals surface area contributed by atoms with Gasteiger partial charge in [0.2, 0.25) is 5.91 Å². The second-order valence-electron chi connectivity index (χ2n) is 6.08. The van der Waals surface area contributed by atoms with E-state index >= 15 is 0 Å². The van der Waals surface area contributed by atoms with Crippen LogP contribution in [0.1, 0.15) is 12.8 Å². The number of nitrogens with zero attached hydrogens (tertiary/aromatic N) is 3. The molecule has 0 aliphatic carbocycles. The third-order valence-corrected chi connectivity index (χ3v) is 5.45. The molecule has 2 aliphatic rings. The highest BCUT2D eigenvalue weighted by atomic mass is 32.2. The normalized spacial score (nSPS) is 28.3. The van der Waals surface area contributed by atoms with Crippen molar-refractivity contribution in [3.05, 3.63) is 0 Å². The van der Waals surface area contributed by atoms with Gasteiger partial charge in [0.05, 0.1) is 12.8 Å². The van der Waals surface area contributed by atoms with Crippen molar-refractivity contribution < 1.29 is 9.53 Å². The average molecular weight is 344 g/mol. The van der Waals surface area contributed by atoms with Crippen LogP contribution >= 0.6 is 11.8 Å². The lowest BCUT2D eigenvalue weighted by Crippen LogP contribution is -2.44. The van der Waals surface area contributed by atoms with Crippen LogP contribution in [0.25, 0.3) is 0 Å². The van der Waals surface area contributed by atoms with Gasteiger partial charge in [0.1, 0.15) is 6.73 Å². The average Bonchev–Trinajstić information content (AvgIpc) is 3.12. The summed E-state index contributed by atoms with van der Waals surface area (Å²) >= 11 is 1.85. The van der Waals surface area contributed by atoms with Gasteiger partial charge >= 0.3 is 0 Å². The van der Waals surface area contributed by atoms with Crippen LogP contribution in [0.5, 0.6) is 0 Å². The minimum atomic E-state index is 0.0202. The number of nitrogens with two attached hydrogens (primary N) is 2. The highest BCUT2D eigenvalue weighted by molar-refractivity contribution is 7.99. The first-order chi connectivity index (χ1) is 11.0. The molecule has 0 radical (unpaired) electrons. The van der Waals surface area contributed by atoms with Gasteiger partial charge in [-0.15, -0.1) is 0 Å². The number of thioether (sulfide) groups is 1. The SMILES string of the molecule is CSC1CC(C(=O)N2CCC(NCOCN=C(N)N)C2)N(C)C1. The van der Waals surface area contributed by atoms with E-state index in [0.29, 0.717) is 12.0 Å². The summed E-state index contributed by atoms with van der Waals surface area (Å²) in [5, 5.41) is 3.84. The predicted octanol–water partition coefficient (Wildman–Crippen LogP) is -1.18. The molecule has 0 aromatic carbocycles. The van der Waals surface area contributed by atoms with Gasteiger partial charge in [-0.1, -0.05) is 0 Å². The van der Waals surface area contributed by atoms with Crippen LogP contribution in [0.4, 0.5) is 0 Å². The van der Waals surface area contributed by atoms with Crippen molar-refractivity contribution in [2.24, 2.45) is 16.5 Å². The first kappa shape index (κ1) is 18.3. The summed E-state index contributed by atoms with van der Waals surface area (Å²) < 4.78 is 5.27. The molecule has 2 fully saturated rings. The summed E-state index contributed by atoms with van der Waals surface area (Å²) in [6, 6.07) is 0.297. The number of ether oxygens (including phenoxy) is 1. The summed E-state index contributed by atoms with van der Waals surface area (Å²) in [5.74, 6) is 0.279. The zero-order valence-corrected chi connectivity index (χ0v) is 14.7. The largest absolute Gasteiger partial charge is 0.370 e. The lowest BCUT2D eigenvalue weighted by atomic mass is 10.2. The standard InChI is InChI=1S/C14H28N6O2S/c1-19-7-11(23-2)5-12(19)13(21)20-4-3-10(6-20)17-8-22-9-18-14(15)16/h10-12,17H,3-9H2,1-2H3,(H4,15,16,18). The molecule has 5 N–H and O–H groups in total. The lowest BCUT2D eigenvalue weighted by molar-refractivity contribution is -0.134. The number of likely N-dealkylation sites (tertiary alicyclic amines) is 2. The van der Waals surface area contributed by atoms with E-state index in [9.17, 15) is 4.79 Å². The molecule has 2 saturated heterocycles. The van der Waals surface area contributed by atoms with E-state index in [4.69, 9.17) is 16.2 Å². The molecule has 2 rings (SSSR count). The molecule has 3 unspecified atom stereocenters. The molecule has 0 saturated carbocycles. The van der Waals surface area contributed by atoms with Crippen molar-refractivity contribution in [1.82, 2.24) is 15.1 Å². The molecule has 1 amide bonds. The predicted molar refractivity (Wildman–Crippen MR) is 93.1 cm³/mol. The number of hydrogen-bond acceptors (Lipinski definition) is 6. The quantitative estimate of drug-likeness (QED) is 0.231. The van der Waals surface area contributed by atoms with E-state index in [2.05, 4.69) is 21.5 Å². The van der Waals surface area contributed by atoms with Crippen LogP contribution in [0.3, 0.4) is 0 Å². The second kappa shape index (κ2) is 8.72. The van der Waals surface area contributed by atoms with Gasteiger partial charge in [-0.3, -0.25) is 15.0 Å². The van der Waals surface area contributed by atoms with E-state index in [0.717, 1.165) is 32.5 Å². The summed E-state index contributed by atoms with van der Waals surface area (Å²) in [6.07, 6.45) is 4.01. The Kier molecular flexibility index (Phi) is 6.94. The van der Waals surface area contributed by atoms with Crippen molar-refractivity contribution in [1.29, 1.82) is 0 Å². The molecule has 2 heterocycles. The molecular formula is C14H28N6O2S. The first-order valence-corrected chi connectivity index (χ1v) is 9.18. The smallest absolute Gasteiger partial charge is 0.240 e. The number of hydrogen-bond donors (Lipinski definition) is 3. The van der Waals surface area contributed by atoms with Crippen LogP contribution in [-0.4, -0.2) is 85.4 Å². The minimum Gasteiger partial charge on any atom is -0.370 e. The third kappa shape index (κ3) is 5.23. The first-order valence-electron chi connectivity index (χ1n) is 7.89. The number of likely N-dealkylation sites (N-methyl/N-ethyl adjacent to an activating group) is 1. The van der Waals surface area contributed by atoms with E-state index in [1.165, 1.54) is 0 Å². The number of nitrogens with one attached hydrogen (secondary N) is 1. The molecule has 0 aromatic heterocycles. The highest BCUT2D eigenvalue weighted by Crippen LogP contribution is 2.26. The molecule has 0 spiro atoms. The number of carbonyl (C=O) groups excluding carboxylic acids is 1. The Balaban J connectivity index is 1.70. The Morgan fingerprint density at radius 2 is 2.22 bits per heavy atom. The maximum atomic E-state index is 12.7. The summed E-state index contributed by atoms with van der Waals surface area (Å²) in [6.45, 7) is 3.05. The van der Waals surface area contributed by atoms with Crippen LogP contribution in [0.2, 0.25) is 0 Å². The molecule has 8 nitrogen and oxygen atoms in total. The Hall–Kier alpha value is -1.03. The van der Waals surface area contributed by atoms with E-state index in [1.807, 2.05) is 23.7 Å². The zero-order valence-electron chi connectivity index (χ0n) is 13.9. The van der Waals surface area contributed by atoms with E-state index in [1.54, 1.807) is 0 Å². The minimum absolute atomic E-state index is 0.0202. The number of guanidine groups is 1. The zero-order chi connectivity index (χ0) is 16.8. The van der Waals surface area contributed by atoms with Gasteiger partial charge in [-0.05, 0) is 26.1 Å². The molecule has 0 aromatic rings. The Morgan fingerprint density at radius 3 is 2.87 bits per heavy atom. The molecule has 0 bridgehead atoms. The van der Waals surface area contributed by atoms with Gasteiger partial charge < -0.3 is 21.1 Å². The van der Waals surface area contributed by atoms with Gasteiger partial charge in [0.15, 0.2) is 5.96 Å². The number of carbonyl (C=O) groups is 1. The maximum absolute atomic E-state index is 12.7. The summed E-state index contributed by atoms with van der Waals surface area (Å²) in [7, 11) is 2.04. The van der Waals surface area contributed by atoms with Crippen LogP contribution in [-0.2, 0) is 9.53 Å². The van der Waals surface area contributed by atoms with Gasteiger partial charge in [0, 0.05) is 30.9 Å². The molecule has 23 heavy (non-hydrogen) atoms. The van der Waals surface area contributed by atoms with Crippen molar-refractivity contribution in [3.63, 3.8) is 0 Å². The molecule has 132 valence electrons. The van der Waals surface area contributed by atoms with E-state index in [-0.39, 0.29) is 30.7 Å². The Bertz CT molecular complexity index is 431. The number of rotatable bonds is 7. The Labute approximate surface area is 142 Å². The molecule has 9 heteroatoms.